The maximum absolute atomic E-state index is 10.9. The minimum absolute atomic E-state index is 0.0176. The fourth-order valence-electron chi connectivity index (χ4n) is 1.97. The van der Waals surface area contributed by atoms with Crippen LogP contribution in [0.2, 0.25) is 0 Å². The van der Waals surface area contributed by atoms with Crippen molar-refractivity contribution in [2.75, 3.05) is 17.2 Å². The minimum Gasteiger partial charge on any atom is -0.733 e. The number of aliphatic hydroxyl groups excluding tert-OH is 3. The number of aryl methyl sites for hydroxylation is 1. The van der Waals surface area contributed by atoms with Gasteiger partial charge in [-0.2, -0.15) is 0 Å². The first-order chi connectivity index (χ1) is 9.40. The van der Waals surface area contributed by atoms with Crippen LogP contribution < -0.4 is 10.5 Å². The lowest BCUT2D eigenvalue weighted by atomic mass is 10.0. The molecule has 1 aromatic rings. The number of ether oxygens (including phenoxy) is 1. The molecule has 0 spiro atoms. The lowest BCUT2D eigenvalue weighted by molar-refractivity contribution is -0.178. The first-order valence-corrected chi connectivity index (χ1v) is 6.09. The molecule has 1 heterocycles. The lowest BCUT2D eigenvalue weighted by Gasteiger charge is -2.36. The van der Waals surface area contributed by atoms with Crippen molar-refractivity contribution in [2.24, 2.45) is 0 Å². The average Bonchev–Trinajstić information content (AvgIpc) is 2.41. The summed E-state index contributed by atoms with van der Waals surface area (Å²) in [5.41, 5.74) is 1.24. The van der Waals surface area contributed by atoms with E-state index in [0.717, 1.165) is 5.56 Å². The van der Waals surface area contributed by atoms with Crippen LogP contribution in [0.1, 0.15) is 5.56 Å². The SMILES string of the molecule is Cc1ccc(N([O-])O)cc1N[C@H]1OC[C@@H](O)[C@@H](O)[C@H]1O. The Kier molecular flexibility index (Phi) is 4.43. The van der Waals surface area contributed by atoms with Gasteiger partial charge >= 0.3 is 0 Å². The normalized spacial score (nSPS) is 30.1. The van der Waals surface area contributed by atoms with Gasteiger partial charge in [-0.15, -0.1) is 0 Å². The fraction of sp³-hybridized carbons (Fsp3) is 0.500. The second-order valence-corrected chi connectivity index (χ2v) is 4.72. The van der Waals surface area contributed by atoms with Crippen LogP contribution >= 0.6 is 0 Å². The summed E-state index contributed by atoms with van der Waals surface area (Å²) < 4.78 is 5.21. The summed E-state index contributed by atoms with van der Waals surface area (Å²) in [5.74, 6) is 0. The Morgan fingerprint density at radius 3 is 2.65 bits per heavy atom. The van der Waals surface area contributed by atoms with Crippen LogP contribution in [-0.2, 0) is 4.74 Å². The number of hydrogen-bond acceptors (Lipinski definition) is 8. The molecule has 0 radical (unpaired) electrons. The maximum Gasteiger partial charge on any atom is 0.156 e. The van der Waals surface area contributed by atoms with Gasteiger partial charge < -0.3 is 35.8 Å². The monoisotopic (exact) mass is 285 g/mol. The smallest absolute Gasteiger partial charge is 0.156 e. The predicted molar refractivity (Wildman–Crippen MR) is 70.2 cm³/mol. The summed E-state index contributed by atoms with van der Waals surface area (Å²) in [4.78, 5) is 0. The second kappa shape index (κ2) is 5.92. The van der Waals surface area contributed by atoms with Crippen molar-refractivity contribution in [1.82, 2.24) is 0 Å². The Labute approximate surface area is 115 Å². The molecule has 4 atom stereocenters. The molecule has 1 aromatic carbocycles. The Morgan fingerprint density at radius 2 is 2.00 bits per heavy atom. The van der Waals surface area contributed by atoms with E-state index in [1.165, 1.54) is 12.1 Å². The first-order valence-electron chi connectivity index (χ1n) is 6.09. The van der Waals surface area contributed by atoms with Crippen LogP contribution in [0.15, 0.2) is 18.2 Å². The molecule has 0 amide bonds. The zero-order chi connectivity index (χ0) is 14.9. The third-order valence-corrected chi connectivity index (χ3v) is 3.24. The summed E-state index contributed by atoms with van der Waals surface area (Å²) in [7, 11) is 0. The second-order valence-electron chi connectivity index (χ2n) is 4.72. The lowest BCUT2D eigenvalue weighted by Crippen LogP contribution is -2.55. The predicted octanol–water partition coefficient (Wildman–Crippen LogP) is -0.461. The van der Waals surface area contributed by atoms with Gasteiger partial charge in [-0.1, -0.05) is 6.07 Å². The van der Waals surface area contributed by atoms with Crippen LogP contribution in [0.25, 0.3) is 0 Å². The molecule has 8 nitrogen and oxygen atoms in total. The molecule has 20 heavy (non-hydrogen) atoms. The maximum atomic E-state index is 10.9. The number of rotatable bonds is 3. The number of hydrogen-bond donors (Lipinski definition) is 5. The largest absolute Gasteiger partial charge is 0.733 e. The molecule has 2 rings (SSSR count). The molecule has 5 N–H and O–H groups in total. The van der Waals surface area contributed by atoms with Gasteiger partial charge in [-0.25, -0.2) is 0 Å². The van der Waals surface area contributed by atoms with Gasteiger partial charge in [0, 0.05) is 5.69 Å². The Balaban J connectivity index is 2.15. The minimum atomic E-state index is -1.32. The van der Waals surface area contributed by atoms with Gasteiger partial charge in [-0.3, -0.25) is 5.21 Å². The molecule has 8 heteroatoms. The Hall–Kier alpha value is -1.42. The van der Waals surface area contributed by atoms with Gasteiger partial charge in [-0.05, 0) is 24.6 Å². The van der Waals surface area contributed by atoms with Crippen LogP contribution in [0.3, 0.4) is 0 Å². The molecule has 0 unspecified atom stereocenters. The van der Waals surface area contributed by atoms with E-state index < -0.39 is 24.5 Å². The van der Waals surface area contributed by atoms with E-state index in [9.17, 15) is 20.5 Å². The van der Waals surface area contributed by atoms with Crippen LogP contribution in [0, 0.1) is 12.1 Å². The molecule has 1 fully saturated rings. The van der Waals surface area contributed by atoms with E-state index in [0.29, 0.717) is 5.69 Å². The van der Waals surface area contributed by atoms with Crippen molar-refractivity contribution in [3.8, 4) is 0 Å². The van der Waals surface area contributed by atoms with Crippen molar-refractivity contribution >= 4 is 11.4 Å². The van der Waals surface area contributed by atoms with Crippen LogP contribution in [0.4, 0.5) is 11.4 Å². The molecule has 0 bridgehead atoms. The summed E-state index contributed by atoms with van der Waals surface area (Å²) in [6.07, 6.45) is -4.72. The summed E-state index contributed by atoms with van der Waals surface area (Å²) in [6, 6.07) is 4.43. The van der Waals surface area contributed by atoms with E-state index in [4.69, 9.17) is 9.94 Å². The molecule has 0 aliphatic carbocycles. The highest BCUT2D eigenvalue weighted by Gasteiger charge is 2.37. The quantitative estimate of drug-likeness (QED) is 0.472. The third-order valence-electron chi connectivity index (χ3n) is 3.24. The summed E-state index contributed by atoms with van der Waals surface area (Å²) in [5, 5.41) is 51.0. The molecule has 1 aliphatic heterocycles. The number of aliphatic hydroxyl groups is 3. The average molecular weight is 285 g/mol. The zero-order valence-corrected chi connectivity index (χ0v) is 10.8. The molecule has 112 valence electrons. The number of nitrogens with one attached hydrogen (secondary N) is 1. The number of benzene rings is 1. The first kappa shape index (κ1) is 15.0. The van der Waals surface area contributed by atoms with Crippen LogP contribution in [-0.4, -0.2) is 51.7 Å². The van der Waals surface area contributed by atoms with Crippen molar-refractivity contribution in [1.29, 1.82) is 0 Å². The number of nitrogens with zero attached hydrogens (tertiary/aromatic N) is 1. The highest BCUT2D eigenvalue weighted by molar-refractivity contribution is 5.61. The Bertz CT molecular complexity index is 469. The van der Waals surface area contributed by atoms with Crippen molar-refractivity contribution in [3.05, 3.63) is 29.0 Å². The standard InChI is InChI=1S/C12H17N2O6/c1-6-2-3-7(14(18)19)4-8(6)13-12-11(17)10(16)9(15)5-20-12/h2-4,9-13,15-18H,5H2,1H3/q-1/t9-,10-,11-,12+/m1/s1. The zero-order valence-electron chi connectivity index (χ0n) is 10.8. The van der Waals surface area contributed by atoms with Crippen molar-refractivity contribution < 1.29 is 25.3 Å². The fourth-order valence-corrected chi connectivity index (χ4v) is 1.97. The van der Waals surface area contributed by atoms with Gasteiger partial charge in [0.1, 0.15) is 18.3 Å². The van der Waals surface area contributed by atoms with E-state index in [1.807, 2.05) is 0 Å². The van der Waals surface area contributed by atoms with E-state index in [-0.39, 0.29) is 17.5 Å². The number of anilines is 2. The van der Waals surface area contributed by atoms with E-state index in [2.05, 4.69) is 5.32 Å². The molecule has 0 aromatic heterocycles. The third kappa shape index (κ3) is 3.01. The molecule has 0 saturated carbocycles. The molecular formula is C12H17N2O6-. The summed E-state index contributed by atoms with van der Waals surface area (Å²) >= 11 is 0. The van der Waals surface area contributed by atoms with Gasteiger partial charge in [0.05, 0.1) is 12.3 Å². The van der Waals surface area contributed by atoms with Crippen LogP contribution in [0.5, 0.6) is 0 Å². The molecule has 1 saturated heterocycles. The summed E-state index contributed by atoms with van der Waals surface area (Å²) in [6.45, 7) is 1.64. The van der Waals surface area contributed by atoms with Crippen molar-refractivity contribution in [2.45, 2.75) is 31.5 Å². The topological polar surface area (TPSA) is 128 Å². The van der Waals surface area contributed by atoms with Crippen molar-refractivity contribution in [3.63, 3.8) is 0 Å². The highest BCUT2D eigenvalue weighted by Crippen LogP contribution is 2.25. The molecular weight excluding hydrogens is 268 g/mol. The van der Waals surface area contributed by atoms with Gasteiger partial charge in [0.25, 0.3) is 0 Å². The molecule has 1 aliphatic rings. The van der Waals surface area contributed by atoms with E-state index in [1.54, 1.807) is 13.0 Å². The highest BCUT2D eigenvalue weighted by atomic mass is 16.8. The van der Waals surface area contributed by atoms with E-state index >= 15 is 0 Å². The van der Waals surface area contributed by atoms with Gasteiger partial charge in [0.2, 0.25) is 0 Å². The van der Waals surface area contributed by atoms with Gasteiger partial charge in [0.15, 0.2) is 6.23 Å². The Morgan fingerprint density at radius 1 is 1.30 bits per heavy atom.